The van der Waals surface area contributed by atoms with Gasteiger partial charge in [-0.25, -0.2) is 13.1 Å². The van der Waals surface area contributed by atoms with Gasteiger partial charge < -0.3 is 5.32 Å². The van der Waals surface area contributed by atoms with Crippen LogP contribution < -0.4 is 10.0 Å². The van der Waals surface area contributed by atoms with Crippen molar-refractivity contribution in [2.24, 2.45) is 0 Å². The van der Waals surface area contributed by atoms with Crippen LogP contribution in [0.15, 0.2) is 23.1 Å². The first kappa shape index (κ1) is 18.4. The number of sulfonamides is 1. The lowest BCUT2D eigenvalue weighted by Gasteiger charge is -2.27. The molecule has 0 radical (unpaired) electrons. The molecule has 0 aromatic heterocycles. The largest absolute Gasteiger partial charge is 0.313 e. The highest BCUT2D eigenvalue weighted by Gasteiger charge is 2.27. The predicted molar refractivity (Wildman–Crippen MR) is 88.1 cm³/mol. The molecule has 1 aromatic rings. The van der Waals surface area contributed by atoms with Crippen molar-refractivity contribution in [3.05, 3.63) is 28.8 Å². The van der Waals surface area contributed by atoms with Gasteiger partial charge in [0.1, 0.15) is 0 Å². The predicted octanol–water partition coefficient (Wildman–Crippen LogP) is 3.31. The van der Waals surface area contributed by atoms with Crippen LogP contribution in [0.5, 0.6) is 0 Å². The van der Waals surface area contributed by atoms with Gasteiger partial charge in [-0.3, -0.25) is 0 Å². The van der Waals surface area contributed by atoms with E-state index in [-0.39, 0.29) is 4.90 Å². The number of rotatable bonds is 8. The van der Waals surface area contributed by atoms with Crippen molar-refractivity contribution in [3.8, 4) is 0 Å². The normalized spacial score (nSPS) is 12.6. The van der Waals surface area contributed by atoms with E-state index in [9.17, 15) is 8.42 Å². The Balaban J connectivity index is 3.02. The van der Waals surface area contributed by atoms with Crippen molar-refractivity contribution in [1.82, 2.24) is 10.0 Å². The summed E-state index contributed by atoms with van der Waals surface area (Å²) in [5, 5.41) is 3.64. The number of halogens is 1. The van der Waals surface area contributed by atoms with Gasteiger partial charge in [0, 0.05) is 17.1 Å². The van der Waals surface area contributed by atoms with Crippen LogP contribution in [-0.2, 0) is 16.6 Å². The average Bonchev–Trinajstić information content (AvgIpc) is 2.45. The lowest BCUT2D eigenvalue weighted by molar-refractivity contribution is 0.388. The van der Waals surface area contributed by atoms with Crippen molar-refractivity contribution in [2.45, 2.75) is 57.5 Å². The van der Waals surface area contributed by atoms with Crippen LogP contribution in [0.2, 0.25) is 5.02 Å². The van der Waals surface area contributed by atoms with Crippen molar-refractivity contribution < 1.29 is 8.42 Å². The Morgan fingerprint density at radius 3 is 2.29 bits per heavy atom. The van der Waals surface area contributed by atoms with Crippen LogP contribution in [0.4, 0.5) is 0 Å². The summed E-state index contributed by atoms with van der Waals surface area (Å²) in [7, 11) is -3.56. The first-order chi connectivity index (χ1) is 9.78. The Morgan fingerprint density at radius 2 is 1.81 bits per heavy atom. The third-order valence-electron chi connectivity index (χ3n) is 3.84. The molecule has 0 saturated carbocycles. The van der Waals surface area contributed by atoms with Crippen LogP contribution in [0, 0.1) is 0 Å². The average molecular weight is 333 g/mol. The Bertz CT molecular complexity index is 569. The summed E-state index contributed by atoms with van der Waals surface area (Å²) in [5.74, 6) is 0. The number of nitrogens with one attached hydrogen (secondary N) is 2. The van der Waals surface area contributed by atoms with Gasteiger partial charge in [-0.1, -0.05) is 38.4 Å². The fourth-order valence-corrected chi connectivity index (χ4v) is 3.76. The van der Waals surface area contributed by atoms with Gasteiger partial charge in [-0.05, 0) is 44.0 Å². The summed E-state index contributed by atoms with van der Waals surface area (Å²) in [4.78, 5) is 0.209. The second-order valence-electron chi connectivity index (χ2n) is 5.41. The molecular formula is C15H25ClN2O2S. The molecule has 0 aliphatic rings. The number of hydrogen-bond acceptors (Lipinski definition) is 3. The standard InChI is InChI=1S/C15H25ClN2O2S/c1-5-15(4,6-2)18-21(19,20)13-9-8-12(11-17-7-3)14(16)10-13/h8-10,17-18H,5-7,11H2,1-4H3. The van der Waals surface area contributed by atoms with E-state index in [0.29, 0.717) is 11.6 Å². The smallest absolute Gasteiger partial charge is 0.241 e. The highest BCUT2D eigenvalue weighted by molar-refractivity contribution is 7.89. The van der Waals surface area contributed by atoms with Gasteiger partial charge in [0.25, 0.3) is 0 Å². The summed E-state index contributed by atoms with van der Waals surface area (Å²) in [5.41, 5.74) is 0.458. The monoisotopic (exact) mass is 332 g/mol. The van der Waals surface area contributed by atoms with E-state index in [1.54, 1.807) is 12.1 Å². The molecule has 21 heavy (non-hydrogen) atoms. The molecule has 0 fully saturated rings. The molecule has 2 N–H and O–H groups in total. The number of hydrogen-bond donors (Lipinski definition) is 2. The molecule has 0 unspecified atom stereocenters. The molecule has 0 heterocycles. The van der Waals surface area contributed by atoms with Crippen LogP contribution in [0.25, 0.3) is 0 Å². The minimum Gasteiger partial charge on any atom is -0.313 e. The van der Waals surface area contributed by atoms with Crippen LogP contribution in [0.1, 0.15) is 46.1 Å². The van der Waals surface area contributed by atoms with Crippen LogP contribution >= 0.6 is 11.6 Å². The highest BCUT2D eigenvalue weighted by atomic mass is 35.5. The van der Waals surface area contributed by atoms with Gasteiger partial charge in [0.2, 0.25) is 10.0 Å². The quantitative estimate of drug-likeness (QED) is 0.768. The summed E-state index contributed by atoms with van der Waals surface area (Å²) in [6, 6.07) is 4.88. The van der Waals surface area contributed by atoms with Gasteiger partial charge in [-0.2, -0.15) is 0 Å². The van der Waals surface area contributed by atoms with Gasteiger partial charge in [-0.15, -0.1) is 0 Å². The van der Waals surface area contributed by atoms with E-state index in [4.69, 9.17) is 11.6 Å². The maximum Gasteiger partial charge on any atom is 0.241 e. The van der Waals surface area contributed by atoms with E-state index in [1.807, 2.05) is 27.7 Å². The lowest BCUT2D eigenvalue weighted by atomic mass is 9.98. The fraction of sp³-hybridized carbons (Fsp3) is 0.600. The number of benzene rings is 1. The first-order valence-electron chi connectivity index (χ1n) is 7.31. The van der Waals surface area contributed by atoms with Crippen molar-refractivity contribution >= 4 is 21.6 Å². The van der Waals surface area contributed by atoms with Gasteiger partial charge in [0.05, 0.1) is 4.90 Å². The van der Waals surface area contributed by atoms with Crippen molar-refractivity contribution in [2.75, 3.05) is 6.54 Å². The van der Waals surface area contributed by atoms with E-state index in [1.165, 1.54) is 6.07 Å². The third-order valence-corrected chi connectivity index (χ3v) is 5.83. The summed E-state index contributed by atoms with van der Waals surface area (Å²) in [6.45, 7) is 9.32. The molecule has 0 atom stereocenters. The fourth-order valence-electron chi connectivity index (χ4n) is 1.88. The van der Waals surface area contributed by atoms with E-state index >= 15 is 0 Å². The van der Waals surface area contributed by atoms with E-state index < -0.39 is 15.6 Å². The molecule has 0 bridgehead atoms. The zero-order valence-electron chi connectivity index (χ0n) is 13.2. The SMILES string of the molecule is CCNCc1ccc(S(=O)(=O)NC(C)(CC)CC)cc1Cl. The second-order valence-corrected chi connectivity index (χ2v) is 7.50. The molecular weight excluding hydrogens is 308 g/mol. The molecule has 4 nitrogen and oxygen atoms in total. The molecule has 0 aliphatic carbocycles. The minimum atomic E-state index is -3.56. The van der Waals surface area contributed by atoms with Gasteiger partial charge >= 0.3 is 0 Å². The summed E-state index contributed by atoms with van der Waals surface area (Å²) >= 11 is 6.18. The van der Waals surface area contributed by atoms with Crippen LogP contribution in [-0.4, -0.2) is 20.5 Å². The Labute approximate surface area is 133 Å². The summed E-state index contributed by atoms with van der Waals surface area (Å²) in [6.07, 6.45) is 1.46. The zero-order chi connectivity index (χ0) is 16.1. The molecule has 6 heteroatoms. The molecule has 1 rings (SSSR count). The van der Waals surface area contributed by atoms with Crippen molar-refractivity contribution in [1.29, 1.82) is 0 Å². The molecule has 0 spiro atoms. The Morgan fingerprint density at radius 1 is 1.19 bits per heavy atom. The minimum absolute atomic E-state index is 0.209. The molecule has 0 amide bonds. The molecule has 0 aliphatic heterocycles. The third kappa shape index (κ3) is 4.95. The highest BCUT2D eigenvalue weighted by Crippen LogP contribution is 2.23. The second kappa shape index (κ2) is 7.58. The lowest BCUT2D eigenvalue weighted by Crippen LogP contribution is -2.44. The summed E-state index contributed by atoms with van der Waals surface area (Å²) < 4.78 is 27.7. The zero-order valence-corrected chi connectivity index (χ0v) is 14.7. The molecule has 1 aromatic carbocycles. The Kier molecular flexibility index (Phi) is 6.66. The first-order valence-corrected chi connectivity index (χ1v) is 9.17. The molecule has 0 saturated heterocycles. The van der Waals surface area contributed by atoms with E-state index in [0.717, 1.165) is 24.9 Å². The van der Waals surface area contributed by atoms with Gasteiger partial charge in [0.15, 0.2) is 0 Å². The maximum atomic E-state index is 12.5. The maximum absolute atomic E-state index is 12.5. The molecule has 120 valence electrons. The van der Waals surface area contributed by atoms with Crippen molar-refractivity contribution in [3.63, 3.8) is 0 Å². The Hall–Kier alpha value is -0.620. The van der Waals surface area contributed by atoms with Crippen LogP contribution in [0.3, 0.4) is 0 Å². The topological polar surface area (TPSA) is 58.2 Å². The van der Waals surface area contributed by atoms with E-state index in [2.05, 4.69) is 10.0 Å².